The Morgan fingerprint density at radius 3 is 2.92 bits per heavy atom. The summed E-state index contributed by atoms with van der Waals surface area (Å²) in [5.74, 6) is 1.46. The van der Waals surface area contributed by atoms with Crippen LogP contribution in [0, 0.1) is 11.3 Å². The van der Waals surface area contributed by atoms with Crippen molar-refractivity contribution in [1.82, 2.24) is 14.5 Å². The van der Waals surface area contributed by atoms with Gasteiger partial charge in [0.1, 0.15) is 17.7 Å². The summed E-state index contributed by atoms with van der Waals surface area (Å²) in [6, 6.07) is 9.74. The molecule has 0 amide bonds. The molecule has 5 nitrogen and oxygen atoms in total. The fraction of sp³-hybridized carbons (Fsp3) is 0.167. The van der Waals surface area contributed by atoms with Crippen LogP contribution in [0.1, 0.15) is 5.82 Å². The zero-order chi connectivity index (χ0) is 17.1. The van der Waals surface area contributed by atoms with Gasteiger partial charge in [-0.25, -0.2) is 9.98 Å². The summed E-state index contributed by atoms with van der Waals surface area (Å²) in [6.07, 6.45) is 3.53. The molecule has 0 saturated carbocycles. The lowest BCUT2D eigenvalue weighted by Gasteiger charge is -2.29. The summed E-state index contributed by atoms with van der Waals surface area (Å²) in [5, 5.41) is 9.89. The van der Waals surface area contributed by atoms with E-state index in [1.165, 1.54) is 6.08 Å². The first-order valence-corrected chi connectivity index (χ1v) is 7.84. The molecule has 0 unspecified atom stereocenters. The van der Waals surface area contributed by atoms with Gasteiger partial charge in [-0.15, -0.1) is 0 Å². The van der Waals surface area contributed by atoms with Crippen molar-refractivity contribution in [3.05, 3.63) is 65.4 Å². The molecule has 120 valence electrons. The van der Waals surface area contributed by atoms with Crippen molar-refractivity contribution in [2.45, 2.75) is 13.1 Å². The predicted octanol–water partition coefficient (Wildman–Crippen LogP) is 3.64. The third-order valence-corrected chi connectivity index (χ3v) is 4.17. The van der Waals surface area contributed by atoms with Crippen molar-refractivity contribution >= 4 is 18.3 Å². The van der Waals surface area contributed by atoms with E-state index in [1.54, 1.807) is 0 Å². The molecule has 0 aliphatic carbocycles. The van der Waals surface area contributed by atoms with Gasteiger partial charge < -0.3 is 9.47 Å². The standard InChI is InChI=1S/C18H16ClN5/c1-3-13(10-20)18(21-2)24-8-7-23-11-16(22-17(23)12-24)14-5-4-6-15(19)9-14/h3-6,9,11H,1-2,7-8,12H2/b18-13-. The number of benzene rings is 1. The van der Waals surface area contributed by atoms with Gasteiger partial charge in [0.25, 0.3) is 0 Å². The molecule has 6 heteroatoms. The number of halogens is 1. The molecule has 0 N–H and O–H groups in total. The number of hydrogen-bond donors (Lipinski definition) is 0. The minimum absolute atomic E-state index is 0.417. The van der Waals surface area contributed by atoms with Crippen LogP contribution in [-0.2, 0) is 13.1 Å². The van der Waals surface area contributed by atoms with Crippen molar-refractivity contribution in [3.8, 4) is 17.3 Å². The molecule has 0 spiro atoms. The van der Waals surface area contributed by atoms with Gasteiger partial charge in [0.05, 0.1) is 17.8 Å². The minimum atomic E-state index is 0.417. The van der Waals surface area contributed by atoms with Crippen LogP contribution in [0.3, 0.4) is 0 Å². The second kappa shape index (κ2) is 6.73. The van der Waals surface area contributed by atoms with Gasteiger partial charge in [-0.2, -0.15) is 5.26 Å². The zero-order valence-corrected chi connectivity index (χ0v) is 13.9. The maximum atomic E-state index is 9.21. The molecule has 3 rings (SSSR count). The lowest BCUT2D eigenvalue weighted by Crippen LogP contribution is -2.33. The van der Waals surface area contributed by atoms with Gasteiger partial charge in [0, 0.05) is 29.9 Å². The SMILES string of the molecule is C=C/C(C#N)=C(\N=C)N1CCn2cc(-c3cccc(Cl)c3)nc2C1. The summed E-state index contributed by atoms with van der Waals surface area (Å²) >= 11 is 6.06. The molecule has 0 saturated heterocycles. The first-order chi connectivity index (χ1) is 11.7. The topological polar surface area (TPSA) is 57.2 Å². The van der Waals surface area contributed by atoms with Crippen LogP contribution in [0.15, 0.2) is 59.5 Å². The van der Waals surface area contributed by atoms with E-state index in [4.69, 9.17) is 16.6 Å². The monoisotopic (exact) mass is 337 g/mol. The van der Waals surface area contributed by atoms with E-state index in [0.717, 1.165) is 30.2 Å². The number of nitriles is 1. The summed E-state index contributed by atoms with van der Waals surface area (Å²) in [6.45, 7) is 9.30. The molecule has 1 aliphatic heterocycles. The first-order valence-electron chi connectivity index (χ1n) is 7.46. The maximum absolute atomic E-state index is 9.21. The van der Waals surface area contributed by atoms with Crippen LogP contribution in [0.4, 0.5) is 0 Å². The Hall–Kier alpha value is -2.84. The maximum Gasteiger partial charge on any atom is 0.146 e. The van der Waals surface area contributed by atoms with Crippen LogP contribution in [-0.4, -0.2) is 27.7 Å². The Morgan fingerprint density at radius 1 is 1.42 bits per heavy atom. The molecule has 1 aromatic carbocycles. The molecule has 1 aromatic heterocycles. The van der Waals surface area contributed by atoms with E-state index >= 15 is 0 Å². The third-order valence-electron chi connectivity index (χ3n) is 3.94. The molecule has 0 fully saturated rings. The lowest BCUT2D eigenvalue weighted by molar-refractivity contribution is 0.270. The van der Waals surface area contributed by atoms with Gasteiger partial charge in [-0.05, 0) is 24.9 Å². The number of allylic oxidation sites excluding steroid dienone is 2. The van der Waals surface area contributed by atoms with Crippen molar-refractivity contribution < 1.29 is 0 Å². The highest BCUT2D eigenvalue weighted by atomic mass is 35.5. The van der Waals surface area contributed by atoms with E-state index in [1.807, 2.05) is 35.4 Å². The summed E-state index contributed by atoms with van der Waals surface area (Å²) in [5.41, 5.74) is 2.29. The number of aliphatic imine (C=N–C) groups is 1. The van der Waals surface area contributed by atoms with Crippen LogP contribution >= 0.6 is 11.6 Å². The van der Waals surface area contributed by atoms with Crippen LogP contribution in [0.2, 0.25) is 5.02 Å². The number of imidazole rings is 1. The van der Waals surface area contributed by atoms with Gasteiger partial charge in [0.15, 0.2) is 0 Å². The van der Waals surface area contributed by atoms with Gasteiger partial charge >= 0.3 is 0 Å². The number of hydrogen-bond acceptors (Lipinski definition) is 4. The highest BCUT2D eigenvalue weighted by molar-refractivity contribution is 6.30. The second-order valence-corrected chi connectivity index (χ2v) is 5.82. The second-order valence-electron chi connectivity index (χ2n) is 5.38. The molecule has 2 aromatic rings. The van der Waals surface area contributed by atoms with Crippen molar-refractivity contribution in [2.24, 2.45) is 4.99 Å². The van der Waals surface area contributed by atoms with E-state index in [-0.39, 0.29) is 0 Å². The third kappa shape index (κ3) is 2.97. The molecule has 0 bridgehead atoms. The van der Waals surface area contributed by atoms with Crippen LogP contribution in [0.5, 0.6) is 0 Å². The van der Waals surface area contributed by atoms with E-state index in [2.05, 4.69) is 28.9 Å². The van der Waals surface area contributed by atoms with Crippen LogP contribution in [0.25, 0.3) is 11.3 Å². The minimum Gasteiger partial charge on any atom is -0.346 e. The largest absolute Gasteiger partial charge is 0.346 e. The molecule has 0 atom stereocenters. The van der Waals surface area contributed by atoms with Crippen LogP contribution < -0.4 is 0 Å². The Kier molecular flexibility index (Phi) is 4.50. The molecule has 0 radical (unpaired) electrons. The summed E-state index contributed by atoms with van der Waals surface area (Å²) < 4.78 is 2.12. The zero-order valence-electron chi connectivity index (χ0n) is 13.1. The molecule has 2 heterocycles. The quantitative estimate of drug-likeness (QED) is 0.486. The first kappa shape index (κ1) is 16.0. The summed E-state index contributed by atoms with van der Waals surface area (Å²) in [7, 11) is 0. The lowest BCUT2D eigenvalue weighted by atomic mass is 10.2. The average molecular weight is 338 g/mol. The normalized spacial score (nSPS) is 14.4. The molecular formula is C18H16ClN5. The number of fused-ring (bicyclic) bond motifs is 1. The number of aromatic nitrogens is 2. The summed E-state index contributed by atoms with van der Waals surface area (Å²) in [4.78, 5) is 10.7. The highest BCUT2D eigenvalue weighted by Crippen LogP contribution is 2.26. The average Bonchev–Trinajstić information content (AvgIpc) is 3.02. The Bertz CT molecular complexity index is 872. The molecule has 24 heavy (non-hydrogen) atoms. The van der Waals surface area contributed by atoms with Gasteiger partial charge in [0.2, 0.25) is 0 Å². The predicted molar refractivity (Wildman–Crippen MR) is 95.5 cm³/mol. The molecule has 1 aliphatic rings. The smallest absolute Gasteiger partial charge is 0.146 e. The Balaban J connectivity index is 1.92. The highest BCUT2D eigenvalue weighted by Gasteiger charge is 2.22. The van der Waals surface area contributed by atoms with E-state index in [0.29, 0.717) is 23.0 Å². The fourth-order valence-electron chi connectivity index (χ4n) is 2.76. The number of rotatable bonds is 4. The number of nitrogens with zero attached hydrogens (tertiary/aromatic N) is 5. The van der Waals surface area contributed by atoms with Crippen molar-refractivity contribution in [3.63, 3.8) is 0 Å². The van der Waals surface area contributed by atoms with E-state index in [9.17, 15) is 5.26 Å². The van der Waals surface area contributed by atoms with Gasteiger partial charge in [-0.1, -0.05) is 30.3 Å². The Morgan fingerprint density at radius 2 is 2.25 bits per heavy atom. The molecular weight excluding hydrogens is 322 g/mol. The fourth-order valence-corrected chi connectivity index (χ4v) is 2.95. The Labute approximate surface area is 145 Å². The van der Waals surface area contributed by atoms with Crippen molar-refractivity contribution in [1.29, 1.82) is 5.26 Å². The van der Waals surface area contributed by atoms with Crippen molar-refractivity contribution in [2.75, 3.05) is 6.54 Å². The van der Waals surface area contributed by atoms with E-state index < -0.39 is 0 Å². The van der Waals surface area contributed by atoms with Gasteiger partial charge in [-0.3, -0.25) is 0 Å².